The fourth-order valence-electron chi connectivity index (χ4n) is 2.38. The SMILES string of the molecule is CC1Cc2[nH]nc(C(=O)OCc3ccccc3)c2CN1. The molecule has 3 rings (SSSR count). The van der Waals surface area contributed by atoms with Crippen molar-refractivity contribution in [2.45, 2.75) is 32.5 Å². The molecule has 0 aliphatic carbocycles. The number of nitrogens with zero attached hydrogens (tertiary/aromatic N) is 1. The second-order valence-electron chi connectivity index (χ2n) is 5.08. The zero-order valence-corrected chi connectivity index (χ0v) is 11.3. The minimum absolute atomic E-state index is 0.269. The van der Waals surface area contributed by atoms with Gasteiger partial charge in [0.15, 0.2) is 5.69 Å². The smallest absolute Gasteiger partial charge is 0.359 e. The Hall–Kier alpha value is -2.14. The normalized spacial score (nSPS) is 17.6. The lowest BCUT2D eigenvalue weighted by molar-refractivity contribution is 0.0464. The fourth-order valence-corrected chi connectivity index (χ4v) is 2.38. The molecule has 0 fully saturated rings. The van der Waals surface area contributed by atoms with E-state index in [-0.39, 0.29) is 12.6 Å². The number of carbonyl (C=O) groups excluding carboxylic acids is 1. The summed E-state index contributed by atoms with van der Waals surface area (Å²) in [6.45, 7) is 3.03. The lowest BCUT2D eigenvalue weighted by atomic mass is 10.0. The van der Waals surface area contributed by atoms with E-state index in [1.54, 1.807) is 0 Å². The van der Waals surface area contributed by atoms with Crippen LogP contribution in [0.25, 0.3) is 0 Å². The summed E-state index contributed by atoms with van der Waals surface area (Å²) in [5.41, 5.74) is 3.33. The predicted octanol–water partition coefficient (Wildman–Crippen LogP) is 1.80. The lowest BCUT2D eigenvalue weighted by Gasteiger charge is -2.19. The van der Waals surface area contributed by atoms with E-state index in [0.717, 1.165) is 23.2 Å². The summed E-state index contributed by atoms with van der Waals surface area (Å²) in [7, 11) is 0. The molecular weight excluding hydrogens is 254 g/mol. The van der Waals surface area contributed by atoms with Gasteiger partial charge in [0.05, 0.1) is 0 Å². The van der Waals surface area contributed by atoms with E-state index >= 15 is 0 Å². The van der Waals surface area contributed by atoms with E-state index in [1.807, 2.05) is 30.3 Å². The van der Waals surface area contributed by atoms with Crippen LogP contribution < -0.4 is 5.32 Å². The van der Waals surface area contributed by atoms with Crippen LogP contribution in [0.5, 0.6) is 0 Å². The second-order valence-corrected chi connectivity index (χ2v) is 5.08. The molecule has 20 heavy (non-hydrogen) atoms. The van der Waals surface area contributed by atoms with Gasteiger partial charge in [-0.1, -0.05) is 30.3 Å². The van der Waals surface area contributed by atoms with Gasteiger partial charge in [-0.25, -0.2) is 4.79 Å². The van der Waals surface area contributed by atoms with Crippen LogP contribution in [0.15, 0.2) is 30.3 Å². The number of aromatic nitrogens is 2. The van der Waals surface area contributed by atoms with Crippen molar-refractivity contribution in [1.82, 2.24) is 15.5 Å². The van der Waals surface area contributed by atoms with E-state index in [0.29, 0.717) is 18.3 Å². The van der Waals surface area contributed by atoms with Gasteiger partial charge in [0, 0.05) is 30.3 Å². The van der Waals surface area contributed by atoms with Crippen molar-refractivity contribution < 1.29 is 9.53 Å². The first-order valence-corrected chi connectivity index (χ1v) is 6.74. The maximum absolute atomic E-state index is 12.1. The van der Waals surface area contributed by atoms with Crippen LogP contribution in [0.4, 0.5) is 0 Å². The average Bonchev–Trinajstić information content (AvgIpc) is 2.89. The monoisotopic (exact) mass is 271 g/mol. The van der Waals surface area contributed by atoms with Gasteiger partial charge in [-0.05, 0) is 12.5 Å². The molecule has 1 aliphatic rings. The minimum atomic E-state index is -0.372. The predicted molar refractivity (Wildman–Crippen MR) is 74.2 cm³/mol. The molecular formula is C15H17N3O2. The van der Waals surface area contributed by atoms with Gasteiger partial charge in [-0.2, -0.15) is 5.10 Å². The molecule has 0 radical (unpaired) electrons. The van der Waals surface area contributed by atoms with E-state index in [9.17, 15) is 4.79 Å². The van der Waals surface area contributed by atoms with Crippen molar-refractivity contribution in [1.29, 1.82) is 0 Å². The van der Waals surface area contributed by atoms with E-state index in [1.165, 1.54) is 0 Å². The summed E-state index contributed by atoms with van der Waals surface area (Å²) >= 11 is 0. The van der Waals surface area contributed by atoms with Crippen LogP contribution in [-0.2, 0) is 24.3 Å². The van der Waals surface area contributed by atoms with Crippen molar-refractivity contribution >= 4 is 5.97 Å². The molecule has 1 atom stereocenters. The van der Waals surface area contributed by atoms with Gasteiger partial charge >= 0.3 is 5.97 Å². The maximum atomic E-state index is 12.1. The number of rotatable bonds is 3. The molecule has 2 heterocycles. The van der Waals surface area contributed by atoms with Gasteiger partial charge in [0.1, 0.15) is 6.61 Å². The third-order valence-corrected chi connectivity index (χ3v) is 3.50. The van der Waals surface area contributed by atoms with Crippen molar-refractivity contribution in [2.24, 2.45) is 0 Å². The number of esters is 1. The number of hydrogen-bond acceptors (Lipinski definition) is 4. The average molecular weight is 271 g/mol. The third-order valence-electron chi connectivity index (χ3n) is 3.50. The maximum Gasteiger partial charge on any atom is 0.359 e. The Bertz CT molecular complexity index is 607. The number of nitrogens with one attached hydrogen (secondary N) is 2. The molecule has 0 spiro atoms. The highest BCUT2D eigenvalue weighted by Gasteiger charge is 2.24. The molecule has 0 bridgehead atoms. The number of fused-ring (bicyclic) bond motifs is 1. The summed E-state index contributed by atoms with van der Waals surface area (Å²) in [6.07, 6.45) is 0.855. The Kier molecular flexibility index (Phi) is 3.52. The van der Waals surface area contributed by atoms with Crippen LogP contribution in [0.1, 0.15) is 34.2 Å². The van der Waals surface area contributed by atoms with E-state index in [2.05, 4.69) is 22.4 Å². The molecule has 0 saturated carbocycles. The zero-order valence-electron chi connectivity index (χ0n) is 11.3. The molecule has 1 unspecified atom stereocenters. The number of carbonyl (C=O) groups is 1. The quantitative estimate of drug-likeness (QED) is 0.835. The van der Waals surface area contributed by atoms with Crippen LogP contribution in [0.3, 0.4) is 0 Å². The van der Waals surface area contributed by atoms with Gasteiger partial charge < -0.3 is 10.1 Å². The molecule has 1 aliphatic heterocycles. The number of benzene rings is 1. The van der Waals surface area contributed by atoms with E-state index < -0.39 is 0 Å². The van der Waals surface area contributed by atoms with Crippen molar-refractivity contribution in [3.05, 3.63) is 52.8 Å². The summed E-state index contributed by atoms with van der Waals surface area (Å²) < 4.78 is 5.32. The molecule has 1 aromatic heterocycles. The van der Waals surface area contributed by atoms with Gasteiger partial charge in [-0.15, -0.1) is 0 Å². The first-order chi connectivity index (χ1) is 9.74. The number of aromatic amines is 1. The highest BCUT2D eigenvalue weighted by molar-refractivity contribution is 5.89. The topological polar surface area (TPSA) is 67.0 Å². The minimum Gasteiger partial charge on any atom is -0.456 e. The lowest BCUT2D eigenvalue weighted by Crippen LogP contribution is -2.33. The van der Waals surface area contributed by atoms with Crippen molar-refractivity contribution in [3.63, 3.8) is 0 Å². The molecule has 5 heteroatoms. The highest BCUT2D eigenvalue weighted by atomic mass is 16.5. The second kappa shape index (κ2) is 5.46. The largest absolute Gasteiger partial charge is 0.456 e. The Morgan fingerprint density at radius 2 is 2.20 bits per heavy atom. The zero-order chi connectivity index (χ0) is 13.9. The van der Waals surface area contributed by atoms with Crippen LogP contribution in [0, 0.1) is 0 Å². The van der Waals surface area contributed by atoms with Crippen molar-refractivity contribution in [2.75, 3.05) is 0 Å². The fraction of sp³-hybridized carbons (Fsp3) is 0.333. The molecule has 0 amide bonds. The molecule has 2 N–H and O–H groups in total. The summed E-state index contributed by atoms with van der Waals surface area (Å²) in [4.78, 5) is 12.1. The molecule has 104 valence electrons. The standard InChI is InChI=1S/C15H17N3O2/c1-10-7-13-12(8-16-10)14(18-17-13)15(19)20-9-11-5-3-2-4-6-11/h2-6,10,16H,7-9H2,1H3,(H,17,18). The molecule has 5 nitrogen and oxygen atoms in total. The Labute approximate surface area is 117 Å². The summed E-state index contributed by atoms with van der Waals surface area (Å²) in [5.74, 6) is -0.372. The molecule has 0 saturated heterocycles. The third kappa shape index (κ3) is 2.58. The Balaban J connectivity index is 1.69. The highest BCUT2D eigenvalue weighted by Crippen LogP contribution is 2.19. The van der Waals surface area contributed by atoms with Gasteiger partial charge in [0.2, 0.25) is 0 Å². The Morgan fingerprint density at radius 1 is 1.40 bits per heavy atom. The van der Waals surface area contributed by atoms with Gasteiger partial charge in [-0.3, -0.25) is 5.10 Å². The molecule has 2 aromatic rings. The van der Waals surface area contributed by atoms with Crippen LogP contribution in [-0.4, -0.2) is 22.2 Å². The summed E-state index contributed by atoms with van der Waals surface area (Å²) in [6, 6.07) is 10.0. The van der Waals surface area contributed by atoms with E-state index in [4.69, 9.17) is 4.74 Å². The first kappa shape index (κ1) is 12.9. The number of H-pyrrole nitrogens is 1. The number of ether oxygens (including phenoxy) is 1. The first-order valence-electron chi connectivity index (χ1n) is 6.74. The summed E-state index contributed by atoms with van der Waals surface area (Å²) in [5, 5.41) is 10.4. The molecule has 1 aromatic carbocycles. The van der Waals surface area contributed by atoms with Crippen molar-refractivity contribution in [3.8, 4) is 0 Å². The van der Waals surface area contributed by atoms with Gasteiger partial charge in [0.25, 0.3) is 0 Å². The van der Waals surface area contributed by atoms with Crippen LogP contribution in [0.2, 0.25) is 0 Å². The number of hydrogen-bond donors (Lipinski definition) is 2. The van der Waals surface area contributed by atoms with Crippen LogP contribution >= 0.6 is 0 Å². The Morgan fingerprint density at radius 3 is 3.00 bits per heavy atom.